The van der Waals surface area contributed by atoms with E-state index in [1.807, 2.05) is 5.51 Å². The zero-order valence-electron chi connectivity index (χ0n) is 7.87. The summed E-state index contributed by atoms with van der Waals surface area (Å²) in [7, 11) is 0. The van der Waals surface area contributed by atoms with Crippen LogP contribution in [0.1, 0.15) is 38.9 Å². The van der Waals surface area contributed by atoms with Crippen LogP contribution in [-0.4, -0.2) is 11.0 Å². The molecule has 3 heteroatoms. The smallest absolute Gasteiger partial charge is 0.0795 e. The fourth-order valence-electron chi connectivity index (χ4n) is 1.07. The number of aromatic nitrogens is 1. The van der Waals surface area contributed by atoms with Gasteiger partial charge in [0, 0.05) is 17.5 Å². The van der Waals surface area contributed by atoms with Crippen LogP contribution in [0.2, 0.25) is 0 Å². The van der Waals surface area contributed by atoms with Crippen LogP contribution in [0.25, 0.3) is 0 Å². The molecule has 0 bridgehead atoms. The first kappa shape index (κ1) is 9.68. The van der Waals surface area contributed by atoms with Crippen LogP contribution in [0, 0.1) is 0 Å². The Bertz CT molecular complexity index is 208. The fraction of sp³-hybridized carbons (Fsp3) is 0.667. The van der Waals surface area contributed by atoms with E-state index in [0.717, 1.165) is 12.1 Å². The number of nitrogens with zero attached hydrogens (tertiary/aromatic N) is 1. The molecule has 2 atom stereocenters. The molecule has 0 saturated heterocycles. The average molecular weight is 184 g/mol. The molecule has 1 rings (SSSR count). The van der Waals surface area contributed by atoms with Gasteiger partial charge in [-0.1, -0.05) is 6.92 Å². The van der Waals surface area contributed by atoms with E-state index in [0.29, 0.717) is 12.1 Å². The highest BCUT2D eigenvalue weighted by atomic mass is 32.1. The predicted molar refractivity (Wildman–Crippen MR) is 53.4 cm³/mol. The minimum Gasteiger partial charge on any atom is -0.306 e. The van der Waals surface area contributed by atoms with Gasteiger partial charge in [0.05, 0.1) is 11.2 Å². The molecule has 0 spiro atoms. The van der Waals surface area contributed by atoms with Gasteiger partial charge >= 0.3 is 0 Å². The summed E-state index contributed by atoms with van der Waals surface area (Å²) < 4.78 is 0. The molecule has 1 N–H and O–H groups in total. The topological polar surface area (TPSA) is 24.9 Å². The normalized spacial score (nSPS) is 15.9. The molecule has 0 amide bonds. The Morgan fingerprint density at radius 1 is 1.58 bits per heavy atom. The summed E-state index contributed by atoms with van der Waals surface area (Å²) in [6, 6.07) is 0.952. The van der Waals surface area contributed by atoms with Crippen molar-refractivity contribution in [3.05, 3.63) is 16.6 Å². The van der Waals surface area contributed by atoms with E-state index in [1.165, 1.54) is 0 Å². The second-order valence-corrected chi connectivity index (χ2v) is 3.83. The van der Waals surface area contributed by atoms with Crippen LogP contribution in [0.3, 0.4) is 0 Å². The third kappa shape index (κ3) is 2.57. The summed E-state index contributed by atoms with van der Waals surface area (Å²) in [5, 5.41) is 5.57. The van der Waals surface area contributed by atoms with E-state index in [-0.39, 0.29) is 0 Å². The summed E-state index contributed by atoms with van der Waals surface area (Å²) in [5.41, 5.74) is 3.03. The van der Waals surface area contributed by atoms with Crippen LogP contribution in [0.5, 0.6) is 0 Å². The summed E-state index contributed by atoms with van der Waals surface area (Å²) in [4.78, 5) is 4.26. The minimum absolute atomic E-state index is 0.381. The molecule has 0 aromatic carbocycles. The summed E-state index contributed by atoms with van der Waals surface area (Å²) in [6.07, 6.45) is 1.16. The van der Waals surface area contributed by atoms with Crippen molar-refractivity contribution < 1.29 is 0 Å². The second kappa shape index (κ2) is 4.58. The number of hydrogen-bond acceptors (Lipinski definition) is 3. The fourth-order valence-corrected chi connectivity index (χ4v) is 1.71. The number of thiazole rings is 1. The van der Waals surface area contributed by atoms with Crippen molar-refractivity contribution in [3.8, 4) is 0 Å². The van der Waals surface area contributed by atoms with Gasteiger partial charge in [-0.25, -0.2) is 4.98 Å². The van der Waals surface area contributed by atoms with E-state index in [4.69, 9.17) is 0 Å². The van der Waals surface area contributed by atoms with Gasteiger partial charge in [0.2, 0.25) is 0 Å². The second-order valence-electron chi connectivity index (χ2n) is 3.11. The van der Waals surface area contributed by atoms with Crippen LogP contribution >= 0.6 is 11.3 Å². The Labute approximate surface area is 78.0 Å². The highest BCUT2D eigenvalue weighted by Crippen LogP contribution is 2.12. The Balaban J connectivity index is 2.44. The van der Waals surface area contributed by atoms with Crippen LogP contribution in [-0.2, 0) is 0 Å². The molecule has 68 valence electrons. The Kier molecular flexibility index (Phi) is 3.69. The maximum absolute atomic E-state index is 4.26. The van der Waals surface area contributed by atoms with Gasteiger partial charge in [0.15, 0.2) is 0 Å². The summed E-state index contributed by atoms with van der Waals surface area (Å²) in [5.74, 6) is 0. The van der Waals surface area contributed by atoms with Crippen molar-refractivity contribution in [3.63, 3.8) is 0 Å². The molecule has 0 radical (unpaired) electrons. The standard InChI is InChI=1S/C9H16N2S/c1-4-7(2)11-8(3)9-5-12-6-10-9/h5-8,11H,4H2,1-3H3. The Morgan fingerprint density at radius 2 is 2.33 bits per heavy atom. The predicted octanol–water partition coefficient (Wildman–Crippen LogP) is 2.59. The first-order valence-electron chi connectivity index (χ1n) is 4.38. The van der Waals surface area contributed by atoms with E-state index in [2.05, 4.69) is 36.5 Å². The third-order valence-corrected chi connectivity index (χ3v) is 2.65. The molecule has 0 aliphatic heterocycles. The molecule has 0 aliphatic carbocycles. The lowest BCUT2D eigenvalue weighted by Crippen LogP contribution is -2.28. The highest BCUT2D eigenvalue weighted by Gasteiger charge is 2.08. The molecule has 0 saturated carbocycles. The molecule has 1 aromatic heterocycles. The van der Waals surface area contributed by atoms with Gasteiger partial charge in [-0.2, -0.15) is 0 Å². The van der Waals surface area contributed by atoms with Crippen molar-refractivity contribution in [2.24, 2.45) is 0 Å². The van der Waals surface area contributed by atoms with Gasteiger partial charge in [0.1, 0.15) is 0 Å². The number of rotatable bonds is 4. The summed E-state index contributed by atoms with van der Waals surface area (Å²) in [6.45, 7) is 6.54. The first-order chi connectivity index (χ1) is 5.74. The Hall–Kier alpha value is -0.410. The molecule has 2 nitrogen and oxygen atoms in total. The molecule has 0 fully saturated rings. The van der Waals surface area contributed by atoms with E-state index in [9.17, 15) is 0 Å². The maximum Gasteiger partial charge on any atom is 0.0795 e. The van der Waals surface area contributed by atoms with E-state index >= 15 is 0 Å². The molecule has 0 aliphatic rings. The lowest BCUT2D eigenvalue weighted by molar-refractivity contribution is 0.464. The quantitative estimate of drug-likeness (QED) is 0.778. The van der Waals surface area contributed by atoms with Gasteiger partial charge in [-0.05, 0) is 20.3 Å². The third-order valence-electron chi connectivity index (χ3n) is 2.04. The van der Waals surface area contributed by atoms with E-state index < -0.39 is 0 Å². The number of hydrogen-bond donors (Lipinski definition) is 1. The lowest BCUT2D eigenvalue weighted by Gasteiger charge is -2.16. The van der Waals surface area contributed by atoms with Crippen LogP contribution < -0.4 is 5.32 Å². The minimum atomic E-state index is 0.381. The van der Waals surface area contributed by atoms with Crippen molar-refractivity contribution in [1.29, 1.82) is 0 Å². The first-order valence-corrected chi connectivity index (χ1v) is 5.32. The zero-order valence-corrected chi connectivity index (χ0v) is 8.69. The van der Waals surface area contributed by atoms with Gasteiger partial charge in [0.25, 0.3) is 0 Å². The van der Waals surface area contributed by atoms with Crippen LogP contribution in [0.15, 0.2) is 10.9 Å². The average Bonchev–Trinajstić information content (AvgIpc) is 2.56. The molecule has 1 aromatic rings. The van der Waals surface area contributed by atoms with Crippen LogP contribution in [0.4, 0.5) is 0 Å². The highest BCUT2D eigenvalue weighted by molar-refractivity contribution is 7.07. The molecule has 2 unspecified atom stereocenters. The van der Waals surface area contributed by atoms with Gasteiger partial charge in [-0.3, -0.25) is 0 Å². The van der Waals surface area contributed by atoms with E-state index in [1.54, 1.807) is 11.3 Å². The molecular formula is C9H16N2S. The molecular weight excluding hydrogens is 168 g/mol. The zero-order chi connectivity index (χ0) is 8.97. The van der Waals surface area contributed by atoms with Crippen molar-refractivity contribution >= 4 is 11.3 Å². The maximum atomic E-state index is 4.26. The molecule has 1 heterocycles. The van der Waals surface area contributed by atoms with Crippen molar-refractivity contribution in [2.45, 2.75) is 39.3 Å². The number of nitrogens with one attached hydrogen (secondary N) is 1. The lowest BCUT2D eigenvalue weighted by atomic mass is 10.2. The summed E-state index contributed by atoms with van der Waals surface area (Å²) >= 11 is 1.65. The SMILES string of the molecule is CCC(C)NC(C)c1cscn1. The monoisotopic (exact) mass is 184 g/mol. The van der Waals surface area contributed by atoms with Crippen molar-refractivity contribution in [2.75, 3.05) is 0 Å². The Morgan fingerprint density at radius 3 is 2.83 bits per heavy atom. The van der Waals surface area contributed by atoms with Gasteiger partial charge < -0.3 is 5.32 Å². The van der Waals surface area contributed by atoms with Gasteiger partial charge in [-0.15, -0.1) is 11.3 Å². The molecule has 12 heavy (non-hydrogen) atoms. The van der Waals surface area contributed by atoms with Crippen molar-refractivity contribution in [1.82, 2.24) is 10.3 Å². The largest absolute Gasteiger partial charge is 0.306 e.